The maximum absolute atomic E-state index is 12.2. The molecular weight excluding hydrogens is 234 g/mol. The van der Waals surface area contributed by atoms with E-state index in [2.05, 4.69) is 0 Å². The zero-order chi connectivity index (χ0) is 13.1. The van der Waals surface area contributed by atoms with E-state index in [1.165, 1.54) is 19.3 Å². The first-order valence-corrected chi connectivity index (χ1v) is 6.74. The van der Waals surface area contributed by atoms with Gasteiger partial charge in [-0.25, -0.2) is 4.79 Å². The largest absolute Gasteiger partial charge is 0.479 e. The average Bonchev–Trinajstić information content (AvgIpc) is 2.88. The quantitative estimate of drug-likeness (QED) is 0.828. The molecule has 2 atom stereocenters. The van der Waals surface area contributed by atoms with Crippen molar-refractivity contribution in [3.8, 4) is 0 Å². The van der Waals surface area contributed by atoms with E-state index in [0.29, 0.717) is 18.9 Å². The third-order valence-electron chi connectivity index (χ3n) is 4.04. The number of carbonyl (C=O) groups is 2. The number of likely N-dealkylation sites (N-methyl/N-ethyl adjacent to an activating group) is 1. The van der Waals surface area contributed by atoms with Gasteiger partial charge in [0.15, 0.2) is 6.10 Å². The van der Waals surface area contributed by atoms with Crippen LogP contribution in [-0.2, 0) is 14.3 Å². The van der Waals surface area contributed by atoms with Gasteiger partial charge in [-0.15, -0.1) is 0 Å². The number of carbonyl (C=O) groups excluding carboxylic acids is 1. The third-order valence-corrected chi connectivity index (χ3v) is 4.04. The van der Waals surface area contributed by atoms with Gasteiger partial charge in [-0.3, -0.25) is 4.79 Å². The van der Waals surface area contributed by atoms with E-state index in [9.17, 15) is 9.59 Å². The van der Waals surface area contributed by atoms with Gasteiger partial charge in [0.05, 0.1) is 0 Å². The van der Waals surface area contributed by atoms with Crippen LogP contribution in [0.2, 0.25) is 0 Å². The molecule has 1 amide bonds. The molecule has 5 heteroatoms. The summed E-state index contributed by atoms with van der Waals surface area (Å²) >= 11 is 0. The van der Waals surface area contributed by atoms with Crippen molar-refractivity contribution in [3.05, 3.63) is 0 Å². The van der Waals surface area contributed by atoms with Crippen LogP contribution in [0, 0.1) is 0 Å². The second-order valence-electron chi connectivity index (χ2n) is 5.27. The highest BCUT2D eigenvalue weighted by Crippen LogP contribution is 2.26. The molecule has 1 heterocycles. The number of hydrogen-bond acceptors (Lipinski definition) is 3. The van der Waals surface area contributed by atoms with Gasteiger partial charge in [-0.1, -0.05) is 19.3 Å². The Balaban J connectivity index is 1.89. The molecule has 1 aliphatic heterocycles. The molecular formula is C13H21NO4. The molecule has 0 spiro atoms. The molecule has 0 aromatic carbocycles. The number of aliphatic carboxylic acids is 1. The van der Waals surface area contributed by atoms with Crippen LogP contribution >= 0.6 is 0 Å². The van der Waals surface area contributed by atoms with Gasteiger partial charge in [0.1, 0.15) is 6.10 Å². The van der Waals surface area contributed by atoms with E-state index in [4.69, 9.17) is 9.84 Å². The van der Waals surface area contributed by atoms with Crippen molar-refractivity contribution in [2.24, 2.45) is 0 Å². The van der Waals surface area contributed by atoms with Crippen molar-refractivity contribution in [2.45, 2.75) is 63.2 Å². The van der Waals surface area contributed by atoms with Gasteiger partial charge in [-0.2, -0.15) is 0 Å². The molecule has 0 aromatic heterocycles. The highest BCUT2D eigenvalue weighted by atomic mass is 16.5. The number of hydrogen-bond donors (Lipinski definition) is 1. The van der Waals surface area contributed by atoms with Crippen molar-refractivity contribution < 1.29 is 19.4 Å². The number of rotatable bonds is 3. The number of carboxylic acid groups (broad SMARTS) is 1. The highest BCUT2D eigenvalue weighted by molar-refractivity contribution is 5.82. The monoisotopic (exact) mass is 255 g/mol. The van der Waals surface area contributed by atoms with E-state index in [0.717, 1.165) is 12.8 Å². The molecule has 0 bridgehead atoms. The highest BCUT2D eigenvalue weighted by Gasteiger charge is 2.37. The lowest BCUT2D eigenvalue weighted by molar-refractivity contribution is -0.155. The molecule has 1 N–H and O–H groups in total. The van der Waals surface area contributed by atoms with E-state index in [-0.39, 0.29) is 5.91 Å². The Morgan fingerprint density at radius 2 is 1.67 bits per heavy atom. The standard InChI is InChI=1S/C13H21NO4/c1-14(9-5-3-2-4-6-9)12(15)10-7-8-11(18-10)13(16)17/h9-11H,2-8H2,1H3,(H,16,17)/t10-,11+/m0/s1. The summed E-state index contributed by atoms with van der Waals surface area (Å²) < 4.78 is 5.31. The molecule has 1 saturated heterocycles. The Labute approximate surface area is 107 Å². The lowest BCUT2D eigenvalue weighted by Crippen LogP contribution is -2.44. The van der Waals surface area contributed by atoms with Crippen molar-refractivity contribution in [1.82, 2.24) is 4.90 Å². The van der Waals surface area contributed by atoms with Crippen LogP contribution < -0.4 is 0 Å². The fraction of sp³-hybridized carbons (Fsp3) is 0.846. The number of nitrogens with zero attached hydrogens (tertiary/aromatic N) is 1. The van der Waals surface area contributed by atoms with Crippen LogP contribution in [0.1, 0.15) is 44.9 Å². The lowest BCUT2D eigenvalue weighted by atomic mass is 9.94. The zero-order valence-electron chi connectivity index (χ0n) is 10.8. The van der Waals surface area contributed by atoms with Gasteiger partial charge >= 0.3 is 5.97 Å². The van der Waals surface area contributed by atoms with Crippen LogP contribution in [0.4, 0.5) is 0 Å². The Morgan fingerprint density at radius 1 is 1.06 bits per heavy atom. The zero-order valence-corrected chi connectivity index (χ0v) is 10.8. The summed E-state index contributed by atoms with van der Waals surface area (Å²) in [6.07, 6.45) is 5.29. The normalized spacial score (nSPS) is 29.2. The lowest BCUT2D eigenvalue weighted by Gasteiger charge is -2.32. The van der Waals surface area contributed by atoms with Crippen LogP contribution in [0.3, 0.4) is 0 Å². The number of amides is 1. The Kier molecular flexibility index (Phi) is 4.22. The van der Waals surface area contributed by atoms with Crippen molar-refractivity contribution in [2.75, 3.05) is 7.05 Å². The van der Waals surface area contributed by atoms with Crippen molar-refractivity contribution in [1.29, 1.82) is 0 Å². The van der Waals surface area contributed by atoms with Gasteiger partial charge in [0.25, 0.3) is 5.91 Å². The van der Waals surface area contributed by atoms with Crippen LogP contribution in [0.25, 0.3) is 0 Å². The van der Waals surface area contributed by atoms with Crippen LogP contribution in [0.5, 0.6) is 0 Å². The first kappa shape index (κ1) is 13.3. The SMILES string of the molecule is CN(C(=O)[C@@H]1CC[C@H](C(=O)O)O1)C1CCCCC1. The van der Waals surface area contributed by atoms with Gasteiger partial charge in [0, 0.05) is 13.1 Å². The molecule has 0 unspecified atom stereocenters. The van der Waals surface area contributed by atoms with Crippen LogP contribution in [-0.4, -0.2) is 47.2 Å². The number of carboxylic acids is 1. The Bertz CT molecular complexity index is 325. The van der Waals surface area contributed by atoms with E-state index in [1.54, 1.807) is 4.90 Å². The van der Waals surface area contributed by atoms with Gasteiger partial charge < -0.3 is 14.7 Å². The summed E-state index contributed by atoms with van der Waals surface area (Å²) in [6, 6.07) is 0.304. The van der Waals surface area contributed by atoms with Crippen molar-refractivity contribution in [3.63, 3.8) is 0 Å². The summed E-state index contributed by atoms with van der Waals surface area (Å²) in [5, 5.41) is 8.85. The molecule has 18 heavy (non-hydrogen) atoms. The summed E-state index contributed by atoms with van der Waals surface area (Å²) in [5.74, 6) is -1.02. The fourth-order valence-electron chi connectivity index (χ4n) is 2.88. The fourth-order valence-corrected chi connectivity index (χ4v) is 2.88. The molecule has 1 saturated carbocycles. The summed E-state index contributed by atoms with van der Waals surface area (Å²) in [7, 11) is 1.82. The average molecular weight is 255 g/mol. The molecule has 102 valence electrons. The van der Waals surface area contributed by atoms with Gasteiger partial charge in [0.2, 0.25) is 0 Å². The molecule has 2 fully saturated rings. The van der Waals surface area contributed by atoms with E-state index < -0.39 is 18.2 Å². The molecule has 2 rings (SSSR count). The molecule has 0 radical (unpaired) electrons. The smallest absolute Gasteiger partial charge is 0.332 e. The van der Waals surface area contributed by atoms with Crippen molar-refractivity contribution >= 4 is 11.9 Å². The minimum absolute atomic E-state index is 0.0503. The predicted octanol–water partition coefficient (Wildman–Crippen LogP) is 1.41. The minimum atomic E-state index is -0.967. The molecule has 1 aliphatic carbocycles. The Morgan fingerprint density at radius 3 is 2.22 bits per heavy atom. The molecule has 0 aromatic rings. The molecule has 2 aliphatic rings. The summed E-state index contributed by atoms with van der Waals surface area (Å²) in [4.78, 5) is 24.8. The minimum Gasteiger partial charge on any atom is -0.479 e. The van der Waals surface area contributed by atoms with Gasteiger partial charge in [-0.05, 0) is 25.7 Å². The topological polar surface area (TPSA) is 66.8 Å². The Hall–Kier alpha value is -1.10. The van der Waals surface area contributed by atoms with E-state index >= 15 is 0 Å². The van der Waals surface area contributed by atoms with Crippen LogP contribution in [0.15, 0.2) is 0 Å². The summed E-state index contributed by atoms with van der Waals surface area (Å²) in [5.41, 5.74) is 0. The first-order chi connectivity index (χ1) is 8.59. The second-order valence-corrected chi connectivity index (χ2v) is 5.27. The third kappa shape index (κ3) is 2.83. The van der Waals surface area contributed by atoms with E-state index in [1.807, 2.05) is 7.05 Å². The first-order valence-electron chi connectivity index (χ1n) is 6.74. The predicted molar refractivity (Wildman–Crippen MR) is 65.2 cm³/mol. The maximum atomic E-state index is 12.2. The maximum Gasteiger partial charge on any atom is 0.332 e. The number of ether oxygens (including phenoxy) is 1. The molecule has 5 nitrogen and oxygen atoms in total. The second kappa shape index (κ2) is 5.69. The summed E-state index contributed by atoms with van der Waals surface area (Å²) in [6.45, 7) is 0.